The van der Waals surface area contributed by atoms with Gasteiger partial charge < -0.3 is 15.5 Å². The Morgan fingerprint density at radius 2 is 2.05 bits per heavy atom. The molecular weight excluding hydrogens is 286 g/mol. The molecule has 0 radical (unpaired) electrons. The van der Waals surface area contributed by atoms with E-state index in [0.717, 1.165) is 15.1 Å². The van der Waals surface area contributed by atoms with Gasteiger partial charge in [0, 0.05) is 4.88 Å². The molecule has 7 heteroatoms. The van der Waals surface area contributed by atoms with Crippen molar-refractivity contribution in [3.8, 4) is 0 Å². The van der Waals surface area contributed by atoms with Crippen LogP contribution in [0.15, 0.2) is 6.07 Å². The number of rotatable bonds is 5. The number of aromatic nitrogens is 2. The van der Waals surface area contributed by atoms with Gasteiger partial charge in [-0.2, -0.15) is 0 Å². The molecule has 0 aliphatic rings. The first kappa shape index (κ1) is 14.5. The Labute approximate surface area is 120 Å². The first-order valence-electron chi connectivity index (χ1n) is 5.97. The second kappa shape index (κ2) is 5.58. The van der Waals surface area contributed by atoms with Crippen LogP contribution in [0.5, 0.6) is 0 Å². The largest absolute Gasteiger partial charge is 0.394 e. The summed E-state index contributed by atoms with van der Waals surface area (Å²) >= 11 is 7.44. The van der Waals surface area contributed by atoms with Crippen molar-refractivity contribution in [2.24, 2.45) is 0 Å². The summed E-state index contributed by atoms with van der Waals surface area (Å²) in [7, 11) is 0. The molecule has 0 atom stereocenters. The van der Waals surface area contributed by atoms with Crippen molar-refractivity contribution in [2.75, 3.05) is 18.5 Å². The van der Waals surface area contributed by atoms with Gasteiger partial charge in [0.15, 0.2) is 0 Å². The zero-order valence-electron chi connectivity index (χ0n) is 10.8. The molecule has 2 rings (SSSR count). The Bertz CT molecular complexity index is 575. The molecule has 0 aliphatic heterocycles. The third-order valence-electron chi connectivity index (χ3n) is 3.15. The normalized spacial score (nSPS) is 12.1. The van der Waals surface area contributed by atoms with Crippen molar-refractivity contribution in [1.29, 1.82) is 0 Å². The fraction of sp³-hybridized carbons (Fsp3) is 0.500. The number of anilines is 1. The molecule has 2 aromatic heterocycles. The lowest BCUT2D eigenvalue weighted by atomic mass is 9.98. The maximum Gasteiger partial charge on any atom is 0.225 e. The maximum absolute atomic E-state index is 9.49. The lowest BCUT2D eigenvalue weighted by Gasteiger charge is -2.30. The predicted molar refractivity (Wildman–Crippen MR) is 78.0 cm³/mol. The number of halogens is 1. The van der Waals surface area contributed by atoms with Crippen molar-refractivity contribution in [1.82, 2.24) is 9.97 Å². The van der Waals surface area contributed by atoms with E-state index in [1.165, 1.54) is 11.3 Å². The first-order valence-corrected chi connectivity index (χ1v) is 7.16. The van der Waals surface area contributed by atoms with Crippen LogP contribution in [0, 0.1) is 6.92 Å². The third-order valence-corrected chi connectivity index (χ3v) is 4.27. The van der Waals surface area contributed by atoms with Gasteiger partial charge in [-0.1, -0.05) is 6.92 Å². The molecule has 0 bridgehead atoms. The minimum absolute atomic E-state index is 0.151. The second-order valence-corrected chi connectivity index (χ2v) is 6.07. The van der Waals surface area contributed by atoms with Gasteiger partial charge in [-0.3, -0.25) is 0 Å². The van der Waals surface area contributed by atoms with Gasteiger partial charge >= 0.3 is 0 Å². The van der Waals surface area contributed by atoms with Gasteiger partial charge in [-0.15, -0.1) is 11.3 Å². The van der Waals surface area contributed by atoms with Gasteiger partial charge in [0.25, 0.3) is 0 Å². The summed E-state index contributed by atoms with van der Waals surface area (Å²) in [6.07, 6.45) is 0.562. The maximum atomic E-state index is 9.49. The van der Waals surface area contributed by atoms with E-state index < -0.39 is 5.54 Å². The molecule has 0 aliphatic carbocycles. The molecule has 0 fully saturated rings. The number of aryl methyl sites for hydroxylation is 1. The highest BCUT2D eigenvalue weighted by Crippen LogP contribution is 2.31. The smallest absolute Gasteiger partial charge is 0.225 e. The average molecular weight is 302 g/mol. The molecule has 19 heavy (non-hydrogen) atoms. The minimum atomic E-state index is -0.805. The second-order valence-electron chi connectivity index (χ2n) is 4.49. The Morgan fingerprint density at radius 1 is 1.37 bits per heavy atom. The Kier molecular flexibility index (Phi) is 4.25. The zero-order valence-corrected chi connectivity index (χ0v) is 12.3. The summed E-state index contributed by atoms with van der Waals surface area (Å²) in [4.78, 5) is 10.2. The van der Waals surface area contributed by atoms with Crippen molar-refractivity contribution < 1.29 is 10.2 Å². The number of hydrogen-bond donors (Lipinski definition) is 3. The van der Waals surface area contributed by atoms with E-state index in [0.29, 0.717) is 12.2 Å². The summed E-state index contributed by atoms with van der Waals surface area (Å²) in [6, 6.07) is 1.97. The van der Waals surface area contributed by atoms with Gasteiger partial charge in [0.1, 0.15) is 10.6 Å². The molecule has 0 amide bonds. The van der Waals surface area contributed by atoms with E-state index >= 15 is 0 Å². The predicted octanol–water partition coefficient (Wildman–Crippen LogP) is 2.20. The molecule has 104 valence electrons. The average Bonchev–Trinajstić information content (AvgIpc) is 2.76. The van der Waals surface area contributed by atoms with Crippen molar-refractivity contribution >= 4 is 39.0 Å². The molecule has 3 N–H and O–H groups in total. The summed E-state index contributed by atoms with van der Waals surface area (Å²) in [5.74, 6) is 0.546. The van der Waals surface area contributed by atoms with E-state index in [2.05, 4.69) is 15.3 Å². The lowest BCUT2D eigenvalue weighted by Crippen LogP contribution is -2.45. The van der Waals surface area contributed by atoms with Crippen LogP contribution in [0.1, 0.15) is 18.2 Å². The molecule has 0 aromatic carbocycles. The van der Waals surface area contributed by atoms with Crippen LogP contribution < -0.4 is 5.32 Å². The van der Waals surface area contributed by atoms with Crippen LogP contribution in [0.25, 0.3) is 10.2 Å². The van der Waals surface area contributed by atoms with Crippen LogP contribution in [0.2, 0.25) is 5.28 Å². The third kappa shape index (κ3) is 2.81. The van der Waals surface area contributed by atoms with Crippen molar-refractivity contribution in [3.05, 3.63) is 16.2 Å². The molecule has 0 saturated carbocycles. The molecule has 5 nitrogen and oxygen atoms in total. The number of aliphatic hydroxyl groups excluding tert-OH is 2. The number of nitrogens with zero attached hydrogens (tertiary/aromatic N) is 2. The summed E-state index contributed by atoms with van der Waals surface area (Å²) < 4.78 is 0. The lowest BCUT2D eigenvalue weighted by molar-refractivity contribution is 0.132. The zero-order chi connectivity index (χ0) is 14.0. The monoisotopic (exact) mass is 301 g/mol. The number of thiophene rings is 1. The minimum Gasteiger partial charge on any atom is -0.394 e. The van der Waals surface area contributed by atoms with E-state index in [-0.39, 0.29) is 18.5 Å². The van der Waals surface area contributed by atoms with Gasteiger partial charge in [0.05, 0.1) is 24.1 Å². The van der Waals surface area contributed by atoms with Gasteiger partial charge in [-0.05, 0) is 31.0 Å². The van der Waals surface area contributed by atoms with Crippen LogP contribution in [0.3, 0.4) is 0 Å². The number of nitrogens with one attached hydrogen (secondary N) is 1. The highest BCUT2D eigenvalue weighted by Gasteiger charge is 2.28. The van der Waals surface area contributed by atoms with Crippen LogP contribution in [-0.2, 0) is 0 Å². The SMILES string of the molecule is CCC(CO)(CO)Nc1nc(Cl)nc2sc(C)cc12. The van der Waals surface area contributed by atoms with Crippen molar-refractivity contribution in [2.45, 2.75) is 25.8 Å². The molecule has 0 spiro atoms. The van der Waals surface area contributed by atoms with Gasteiger partial charge in [0.2, 0.25) is 5.28 Å². The number of fused-ring (bicyclic) bond motifs is 1. The van der Waals surface area contributed by atoms with Crippen LogP contribution in [-0.4, -0.2) is 38.9 Å². The van der Waals surface area contributed by atoms with E-state index in [1.807, 2.05) is 19.9 Å². The molecular formula is C12H16ClN3O2S. The Balaban J connectivity index is 2.49. The van der Waals surface area contributed by atoms with Crippen LogP contribution >= 0.6 is 22.9 Å². The fourth-order valence-electron chi connectivity index (χ4n) is 1.80. The Hall–Kier alpha value is -0.950. The quantitative estimate of drug-likeness (QED) is 0.738. The summed E-state index contributed by atoms with van der Waals surface area (Å²) in [5, 5.41) is 23.1. The standard InChI is InChI=1S/C12H16ClN3O2S/c1-3-12(5-17,6-18)16-9-8-4-7(2)19-10(8)15-11(13)14-9/h4,17-18H,3,5-6H2,1-2H3,(H,14,15,16). The molecule has 2 heterocycles. The van der Waals surface area contributed by atoms with Crippen molar-refractivity contribution in [3.63, 3.8) is 0 Å². The van der Waals surface area contributed by atoms with Gasteiger partial charge in [-0.25, -0.2) is 9.97 Å². The summed E-state index contributed by atoms with van der Waals surface area (Å²) in [5.41, 5.74) is -0.805. The van der Waals surface area contributed by atoms with Crippen LogP contribution in [0.4, 0.5) is 5.82 Å². The number of aliphatic hydroxyl groups is 2. The topological polar surface area (TPSA) is 78.3 Å². The van der Waals surface area contributed by atoms with E-state index in [1.54, 1.807) is 0 Å². The highest BCUT2D eigenvalue weighted by molar-refractivity contribution is 7.18. The molecule has 0 saturated heterocycles. The summed E-state index contributed by atoms with van der Waals surface area (Å²) in [6.45, 7) is 3.49. The Morgan fingerprint density at radius 3 is 2.63 bits per heavy atom. The highest BCUT2D eigenvalue weighted by atomic mass is 35.5. The van der Waals surface area contributed by atoms with E-state index in [4.69, 9.17) is 11.6 Å². The van der Waals surface area contributed by atoms with E-state index in [9.17, 15) is 10.2 Å². The number of hydrogen-bond acceptors (Lipinski definition) is 6. The molecule has 2 aromatic rings. The molecule has 0 unspecified atom stereocenters. The fourth-order valence-corrected chi connectivity index (χ4v) is 2.90. The first-order chi connectivity index (χ1) is 9.03.